The molecule has 2 aromatic rings. The first kappa shape index (κ1) is 11.8. The van der Waals surface area contributed by atoms with Crippen molar-refractivity contribution >= 4 is 17.5 Å². The zero-order valence-electron chi connectivity index (χ0n) is 9.97. The van der Waals surface area contributed by atoms with Crippen LogP contribution in [0, 0.1) is 13.8 Å². The van der Waals surface area contributed by atoms with Gasteiger partial charge in [-0.25, -0.2) is 4.98 Å². The number of nitrogen functional groups attached to an aromatic ring is 1. The van der Waals surface area contributed by atoms with E-state index in [-0.39, 0.29) is 0 Å². The lowest BCUT2D eigenvalue weighted by Gasteiger charge is -2.10. The van der Waals surface area contributed by atoms with Crippen LogP contribution in [0.4, 0.5) is 5.95 Å². The molecule has 0 aliphatic heterocycles. The summed E-state index contributed by atoms with van der Waals surface area (Å²) in [5.74, 6) is 1.20. The number of aryl methyl sites for hydroxylation is 2. The lowest BCUT2D eigenvalue weighted by Crippen LogP contribution is -1.92. The molecule has 0 aliphatic carbocycles. The van der Waals surface area contributed by atoms with Crippen LogP contribution in [0.5, 0.6) is 5.75 Å². The quantitative estimate of drug-likeness (QED) is 0.863. The minimum Gasteiger partial charge on any atom is -0.496 e. The zero-order chi connectivity index (χ0) is 12.6. The SMILES string of the molecule is COc1c(C)cc(-c2nc(N)[nH]c2Cl)cc1C. The Morgan fingerprint density at radius 2 is 1.88 bits per heavy atom. The highest BCUT2D eigenvalue weighted by molar-refractivity contribution is 6.32. The fraction of sp³-hybridized carbons (Fsp3) is 0.250. The van der Waals surface area contributed by atoms with E-state index in [0.717, 1.165) is 22.4 Å². The number of nitrogens with one attached hydrogen (secondary N) is 1. The summed E-state index contributed by atoms with van der Waals surface area (Å²) in [6.07, 6.45) is 0. The van der Waals surface area contributed by atoms with E-state index in [9.17, 15) is 0 Å². The Hall–Kier alpha value is -1.68. The molecular weight excluding hydrogens is 238 g/mol. The topological polar surface area (TPSA) is 63.9 Å². The molecule has 0 amide bonds. The Kier molecular flexibility index (Phi) is 2.98. The molecule has 1 heterocycles. The number of H-pyrrole nitrogens is 1. The number of nitrogens with zero attached hydrogens (tertiary/aromatic N) is 1. The molecule has 3 N–H and O–H groups in total. The molecule has 1 aromatic heterocycles. The average molecular weight is 252 g/mol. The molecular formula is C12H14ClN3O. The highest BCUT2D eigenvalue weighted by Crippen LogP contribution is 2.32. The first-order valence-corrected chi connectivity index (χ1v) is 5.57. The van der Waals surface area contributed by atoms with Crippen LogP contribution in [0.2, 0.25) is 5.15 Å². The summed E-state index contributed by atoms with van der Waals surface area (Å²) in [5, 5.41) is 0.450. The Morgan fingerprint density at radius 3 is 2.29 bits per heavy atom. The van der Waals surface area contributed by atoms with Gasteiger partial charge in [0.15, 0.2) is 5.95 Å². The highest BCUT2D eigenvalue weighted by Gasteiger charge is 2.12. The Morgan fingerprint density at radius 1 is 1.29 bits per heavy atom. The van der Waals surface area contributed by atoms with Gasteiger partial charge in [0.25, 0.3) is 0 Å². The summed E-state index contributed by atoms with van der Waals surface area (Å²) in [4.78, 5) is 6.94. The number of methoxy groups -OCH3 is 1. The van der Waals surface area contributed by atoms with E-state index in [2.05, 4.69) is 9.97 Å². The molecule has 5 heteroatoms. The number of hydrogen-bond acceptors (Lipinski definition) is 3. The maximum Gasteiger partial charge on any atom is 0.199 e. The molecule has 0 atom stereocenters. The molecule has 2 rings (SSSR count). The maximum absolute atomic E-state index is 6.03. The van der Waals surface area contributed by atoms with Gasteiger partial charge in [0, 0.05) is 5.56 Å². The zero-order valence-corrected chi connectivity index (χ0v) is 10.7. The van der Waals surface area contributed by atoms with E-state index >= 15 is 0 Å². The third-order valence-electron chi connectivity index (χ3n) is 2.62. The third-order valence-corrected chi connectivity index (χ3v) is 2.89. The first-order valence-electron chi connectivity index (χ1n) is 5.19. The van der Waals surface area contributed by atoms with E-state index in [4.69, 9.17) is 22.1 Å². The van der Waals surface area contributed by atoms with Crippen molar-refractivity contribution in [3.63, 3.8) is 0 Å². The molecule has 0 saturated heterocycles. The van der Waals surface area contributed by atoms with Gasteiger partial charge in [-0.2, -0.15) is 0 Å². The van der Waals surface area contributed by atoms with Crippen molar-refractivity contribution in [2.24, 2.45) is 0 Å². The second kappa shape index (κ2) is 4.30. The molecule has 0 bridgehead atoms. The summed E-state index contributed by atoms with van der Waals surface area (Å²) in [5.41, 5.74) is 9.25. The van der Waals surface area contributed by atoms with Crippen LogP contribution in [0.3, 0.4) is 0 Å². The molecule has 17 heavy (non-hydrogen) atoms. The van der Waals surface area contributed by atoms with Crippen LogP contribution in [0.1, 0.15) is 11.1 Å². The van der Waals surface area contributed by atoms with Crippen molar-refractivity contribution in [2.45, 2.75) is 13.8 Å². The smallest absolute Gasteiger partial charge is 0.199 e. The van der Waals surface area contributed by atoms with Gasteiger partial charge in [0.05, 0.1) is 7.11 Å². The summed E-state index contributed by atoms with van der Waals surface area (Å²) in [6.45, 7) is 3.97. The van der Waals surface area contributed by atoms with Crippen molar-refractivity contribution in [3.05, 3.63) is 28.4 Å². The van der Waals surface area contributed by atoms with Crippen LogP contribution in [0.25, 0.3) is 11.3 Å². The van der Waals surface area contributed by atoms with Gasteiger partial charge in [-0.15, -0.1) is 0 Å². The molecule has 0 aliphatic rings. The lowest BCUT2D eigenvalue weighted by atomic mass is 10.0. The van der Waals surface area contributed by atoms with Gasteiger partial charge in [-0.05, 0) is 37.1 Å². The average Bonchev–Trinajstić information content (AvgIpc) is 2.57. The second-order valence-corrected chi connectivity index (χ2v) is 4.31. The van der Waals surface area contributed by atoms with Crippen LogP contribution in [-0.4, -0.2) is 17.1 Å². The standard InChI is InChI=1S/C12H14ClN3O/c1-6-4-8(5-7(2)10(6)17-3)9-11(13)16-12(14)15-9/h4-5H,1-3H3,(H3,14,15,16). The van der Waals surface area contributed by atoms with Crippen molar-refractivity contribution < 1.29 is 4.74 Å². The van der Waals surface area contributed by atoms with Crippen LogP contribution < -0.4 is 10.5 Å². The first-order chi connectivity index (χ1) is 8.02. The number of hydrogen-bond donors (Lipinski definition) is 2. The third kappa shape index (κ3) is 2.08. The van der Waals surface area contributed by atoms with E-state index in [1.54, 1.807) is 7.11 Å². The van der Waals surface area contributed by atoms with Crippen molar-refractivity contribution in [2.75, 3.05) is 12.8 Å². The number of aromatic amines is 1. The van der Waals surface area contributed by atoms with Crippen LogP contribution in [-0.2, 0) is 0 Å². The summed E-state index contributed by atoms with van der Waals surface area (Å²) >= 11 is 6.03. The number of halogens is 1. The molecule has 4 nitrogen and oxygen atoms in total. The number of nitrogens with two attached hydrogens (primary N) is 1. The predicted octanol–water partition coefficient (Wildman–Crippen LogP) is 2.94. The highest BCUT2D eigenvalue weighted by atomic mass is 35.5. The fourth-order valence-corrected chi connectivity index (χ4v) is 2.22. The number of benzene rings is 1. The number of aromatic nitrogens is 2. The van der Waals surface area contributed by atoms with Gasteiger partial charge < -0.3 is 15.5 Å². The molecule has 1 aromatic carbocycles. The van der Waals surface area contributed by atoms with E-state index in [0.29, 0.717) is 16.8 Å². The Balaban J connectivity index is 2.58. The number of anilines is 1. The molecule has 0 unspecified atom stereocenters. The summed E-state index contributed by atoms with van der Waals surface area (Å²) in [6, 6.07) is 3.96. The van der Waals surface area contributed by atoms with Crippen molar-refractivity contribution in [1.29, 1.82) is 0 Å². The minimum absolute atomic E-state index is 0.316. The summed E-state index contributed by atoms with van der Waals surface area (Å²) in [7, 11) is 1.66. The monoisotopic (exact) mass is 251 g/mol. The van der Waals surface area contributed by atoms with Crippen LogP contribution >= 0.6 is 11.6 Å². The molecule has 0 saturated carbocycles. The molecule has 90 valence electrons. The van der Waals surface area contributed by atoms with Gasteiger partial charge in [-0.3, -0.25) is 0 Å². The van der Waals surface area contributed by atoms with Gasteiger partial charge >= 0.3 is 0 Å². The number of imidazole rings is 1. The maximum atomic E-state index is 6.03. The molecule has 0 fully saturated rings. The van der Waals surface area contributed by atoms with Crippen LogP contribution in [0.15, 0.2) is 12.1 Å². The van der Waals surface area contributed by atoms with E-state index < -0.39 is 0 Å². The van der Waals surface area contributed by atoms with E-state index in [1.807, 2.05) is 26.0 Å². The Bertz CT molecular complexity index is 540. The van der Waals surface area contributed by atoms with Crippen molar-refractivity contribution in [3.8, 4) is 17.0 Å². The fourth-order valence-electron chi connectivity index (χ4n) is 1.97. The van der Waals surface area contributed by atoms with Gasteiger partial charge in [0.2, 0.25) is 0 Å². The summed E-state index contributed by atoms with van der Waals surface area (Å²) < 4.78 is 5.32. The molecule has 0 radical (unpaired) electrons. The Labute approximate surface area is 105 Å². The van der Waals surface area contributed by atoms with Gasteiger partial charge in [0.1, 0.15) is 16.6 Å². The lowest BCUT2D eigenvalue weighted by molar-refractivity contribution is 0.408. The number of rotatable bonds is 2. The second-order valence-electron chi connectivity index (χ2n) is 3.93. The van der Waals surface area contributed by atoms with E-state index in [1.165, 1.54) is 0 Å². The number of ether oxygens (including phenoxy) is 1. The minimum atomic E-state index is 0.316. The predicted molar refractivity (Wildman–Crippen MR) is 69.5 cm³/mol. The largest absolute Gasteiger partial charge is 0.496 e. The van der Waals surface area contributed by atoms with Gasteiger partial charge in [-0.1, -0.05) is 11.6 Å². The molecule has 0 spiro atoms. The normalized spacial score (nSPS) is 10.6. The van der Waals surface area contributed by atoms with Crippen molar-refractivity contribution in [1.82, 2.24) is 9.97 Å².